The molecule has 2 aliphatic rings. The number of hydrogen-bond donors (Lipinski definition) is 2. The Morgan fingerprint density at radius 3 is 1.26 bits per heavy atom. The molecule has 0 saturated carbocycles. The number of piperidine rings is 2. The number of hydrogen-bond acceptors (Lipinski definition) is 12. The molecule has 0 aromatic heterocycles. The van der Waals surface area contributed by atoms with Crippen molar-refractivity contribution in [3.05, 3.63) is 152 Å². The van der Waals surface area contributed by atoms with Crippen LogP contribution in [0.1, 0.15) is 148 Å². The van der Waals surface area contributed by atoms with Crippen molar-refractivity contribution in [3.63, 3.8) is 0 Å². The third-order valence-electron chi connectivity index (χ3n) is 15.5. The molecule has 15 nitrogen and oxygen atoms in total. The predicted molar refractivity (Wildman–Crippen MR) is 350 cm³/mol. The van der Waals surface area contributed by atoms with Gasteiger partial charge < -0.3 is 14.9 Å². The van der Waals surface area contributed by atoms with Gasteiger partial charge in [-0.05, 0) is 102 Å². The van der Waals surface area contributed by atoms with E-state index in [2.05, 4.69) is 35.2 Å². The van der Waals surface area contributed by atoms with E-state index >= 15 is 0 Å². The first-order valence-electron chi connectivity index (χ1n) is 27.6. The number of carbonyl (C=O) groups excluding carboxylic acids is 2. The van der Waals surface area contributed by atoms with E-state index in [1.165, 1.54) is 6.92 Å². The summed E-state index contributed by atoms with van der Waals surface area (Å²) in [5.41, 5.74) is 2.04. The Bertz CT molecular complexity index is 3210. The van der Waals surface area contributed by atoms with Gasteiger partial charge in [0.1, 0.15) is 0 Å². The Hall–Kier alpha value is -1.36. The van der Waals surface area contributed by atoms with Crippen LogP contribution in [0.5, 0.6) is 0 Å². The van der Waals surface area contributed by atoms with Crippen molar-refractivity contribution in [2.45, 2.75) is 148 Å². The van der Waals surface area contributed by atoms with E-state index in [1.54, 1.807) is 45.3 Å². The fourth-order valence-corrected chi connectivity index (χ4v) is 15.8. The third kappa shape index (κ3) is 25.1. The van der Waals surface area contributed by atoms with Crippen LogP contribution in [0.15, 0.2) is 118 Å². The number of nitriles is 1. The standard InChI is InChI=1S/C30H40Cl2N2O2S.C29H38Cl2N2O4S.C2H3N.3ClH.HIO4.Na.Ru/c1-8-16-30(6)18-26(23-10-9-11-25(32)17-23)28(22-12-14-24(31)15-13-22)34(29(30)35)27(20(2)3)19-37(36,33-7)21(4)5;1-18(2)25(17-38(37,32-6)19(3)4)33-27(20-10-12-22(30)13-11-20)24(21-8-7-9-23(31)14-21)15-29(5,28(33)36)16-26(34)35;1-2-3;;;;2-1(3,4)5;;/h8-15,17,20-21,26-28H,1,16,18-19H2,2-7H3;7-14,18-19,24-25,27H,15-17H2,1-6H3,(H,34,35);1H3;3*1H;2H;;/q;;;;;;;;+3/p-3/t26-,27-,28-,30+,37?;24-,25-,27-,29-,38?;;;;;;;/m11......./s1. The van der Waals surface area contributed by atoms with Gasteiger partial charge in [0.15, 0.2) is 0 Å². The van der Waals surface area contributed by atoms with Gasteiger partial charge in [0.05, 0.1) is 66.4 Å². The number of halogens is 8. The molecule has 488 valence electrons. The first-order chi connectivity index (χ1) is 40.2. The maximum atomic E-state index is 14.5. The quantitative estimate of drug-likeness (QED) is 0.0538. The molecule has 27 heteroatoms. The SMILES string of the molecule is C=CC[C@@]1(C)C[C@H](c2cccc(Cl)c2)[C@@H](c2ccc(Cl)cc2)N([C@H](CS(=O)(=NC)C(C)C)C(C)C)C1=O.CC#N.CN=S(=O)(C[C@H](C(C)C)N1C(=O)[C@@](C)(CC(=O)O)C[C@H](c2cccc(Cl)c2)[C@H]1c1ccc(Cl)cc1)C(C)C.[Cl][Ru]([Cl])[Cl].[Na].[O-][I+3]([O-])([O-])O. The smallest absolute Gasteiger partial charge is 0.256 e. The van der Waals surface area contributed by atoms with Crippen LogP contribution in [-0.2, 0) is 46.8 Å². The zero-order valence-corrected chi connectivity index (χ0v) is 64.9. The molecule has 1 radical (unpaired) electrons. The summed E-state index contributed by atoms with van der Waals surface area (Å²) in [6, 6.07) is 30.9. The van der Waals surface area contributed by atoms with Gasteiger partial charge in [0.2, 0.25) is 11.8 Å². The van der Waals surface area contributed by atoms with Gasteiger partial charge in [-0.2, -0.15) is 5.26 Å². The number of nitrogens with zero attached hydrogens (tertiary/aromatic N) is 5. The van der Waals surface area contributed by atoms with Crippen molar-refractivity contribution in [1.82, 2.24) is 9.80 Å². The van der Waals surface area contributed by atoms with Crippen molar-refractivity contribution in [3.8, 4) is 6.07 Å². The van der Waals surface area contributed by atoms with Crippen molar-refractivity contribution in [2.24, 2.45) is 31.4 Å². The van der Waals surface area contributed by atoms with E-state index < -0.39 is 81.4 Å². The van der Waals surface area contributed by atoms with Crippen molar-refractivity contribution < 1.29 is 74.7 Å². The molecule has 2 N–H and O–H groups in total. The van der Waals surface area contributed by atoms with Crippen LogP contribution in [0, 0.1) is 34.0 Å². The van der Waals surface area contributed by atoms with Gasteiger partial charge in [-0.15, -0.1) is 6.58 Å². The monoisotopic (exact) mass is 1610 g/mol. The van der Waals surface area contributed by atoms with E-state index in [9.17, 15) is 27.9 Å². The third-order valence-corrected chi connectivity index (χ3v) is 22.3. The molecule has 2 aliphatic heterocycles. The molecule has 88 heavy (non-hydrogen) atoms. The van der Waals surface area contributed by atoms with Crippen LogP contribution >= 0.6 is 75.5 Å². The van der Waals surface area contributed by atoms with Crippen molar-refractivity contribution in [2.75, 3.05) is 25.6 Å². The molecular weight excluding hydrogens is 1530 g/mol. The average molecular weight is 1610 g/mol. The van der Waals surface area contributed by atoms with Crippen LogP contribution in [0.25, 0.3) is 0 Å². The van der Waals surface area contributed by atoms with E-state index in [-0.39, 0.29) is 99.8 Å². The minimum Gasteiger partial charge on any atom is -0.256 e. The molecule has 4 aromatic rings. The first-order valence-corrected chi connectivity index (χ1v) is 42.9. The van der Waals surface area contributed by atoms with E-state index in [4.69, 9.17) is 94.5 Å². The number of amides is 2. The van der Waals surface area contributed by atoms with E-state index in [0.717, 1.165) is 22.3 Å². The van der Waals surface area contributed by atoms with Crippen LogP contribution in [-0.4, -0.2) is 122 Å². The molecule has 2 unspecified atom stereocenters. The average Bonchev–Trinajstić information content (AvgIpc) is 0.873. The molecule has 6 rings (SSSR count). The molecule has 0 spiro atoms. The number of likely N-dealkylation sites (tertiary alicyclic amines) is 2. The second-order valence-electron chi connectivity index (χ2n) is 22.9. The van der Waals surface area contributed by atoms with Gasteiger partial charge in [-0.3, -0.25) is 24.7 Å². The molecular formula is C61H82Cl7IN5NaO10RuS2. The van der Waals surface area contributed by atoms with Crippen LogP contribution in [0.3, 0.4) is 0 Å². The van der Waals surface area contributed by atoms with Crippen LogP contribution in [0.2, 0.25) is 20.1 Å². The second kappa shape index (κ2) is 38.3. The molecule has 2 saturated heterocycles. The number of benzene rings is 4. The first kappa shape index (κ1) is 84.7. The molecule has 2 amide bonds. The second-order valence-corrected chi connectivity index (χ2v) is 40.9. The summed E-state index contributed by atoms with van der Waals surface area (Å²) in [6.45, 7) is 25.0. The van der Waals surface area contributed by atoms with Gasteiger partial charge in [-0.25, -0.2) is 17.1 Å². The minimum atomic E-state index is -5.69. The summed E-state index contributed by atoms with van der Waals surface area (Å²) in [5, 5.41) is 19.2. The zero-order valence-electron chi connectivity index (χ0n) is 52.1. The van der Waals surface area contributed by atoms with Gasteiger partial charge >= 0.3 is 68.1 Å². The number of carboxylic acids is 1. The van der Waals surface area contributed by atoms with Gasteiger partial charge in [0.25, 0.3) is 0 Å². The zero-order chi connectivity index (χ0) is 66.7. The molecule has 0 aliphatic carbocycles. The number of allylic oxidation sites excluding steroid dienone is 1. The number of carbonyl (C=O) groups is 3. The van der Waals surface area contributed by atoms with E-state index in [1.807, 2.05) is 137 Å². The molecule has 0 bridgehead atoms. The summed E-state index contributed by atoms with van der Waals surface area (Å²) in [7, 11) is 12.9. The topological polar surface area (TPSA) is 250 Å². The van der Waals surface area contributed by atoms with Crippen LogP contribution < -0.4 is 30.4 Å². The fourth-order valence-electron chi connectivity index (χ4n) is 11.1. The molecule has 4 aromatic carbocycles. The summed E-state index contributed by atoms with van der Waals surface area (Å²) in [4.78, 5) is 44.8. The maximum absolute atomic E-state index is 14.5. The number of rotatable bonds is 18. The van der Waals surface area contributed by atoms with Gasteiger partial charge in [-0.1, -0.05) is 170 Å². The van der Waals surface area contributed by atoms with Crippen molar-refractivity contribution >= 4 is 142 Å². The Morgan fingerprint density at radius 2 is 1.00 bits per heavy atom. The summed E-state index contributed by atoms with van der Waals surface area (Å²) in [6.07, 6.45) is 3.04. The normalized spacial score (nSPS) is 22.2. The van der Waals surface area contributed by atoms with E-state index in [0.29, 0.717) is 45.1 Å². The van der Waals surface area contributed by atoms with Crippen molar-refractivity contribution in [1.29, 1.82) is 5.26 Å². The molecule has 10 atom stereocenters. The summed E-state index contributed by atoms with van der Waals surface area (Å²) in [5.74, 6) is -1.01. The Kier molecular flexibility index (Phi) is 36.8. The summed E-state index contributed by atoms with van der Waals surface area (Å²) < 4.78 is 69.7. The number of carboxylic acid groups (broad SMARTS) is 1. The predicted octanol–water partition coefficient (Wildman–Crippen LogP) is 10.3. The molecule has 2 heterocycles. The minimum absolute atomic E-state index is 0. The number of aliphatic carboxylic acids is 1. The maximum Gasteiger partial charge on any atom is 0.368 e. The largest absolute Gasteiger partial charge is 0.368 e. The Morgan fingerprint density at radius 1 is 0.693 bits per heavy atom. The Labute approximate surface area is 589 Å². The molecule has 2 fully saturated rings. The Balaban J connectivity index is 0.000000736. The van der Waals surface area contributed by atoms with Gasteiger partial charge in [0, 0.05) is 109 Å². The fraction of sp³-hybridized carbons (Fsp3) is 0.508. The summed E-state index contributed by atoms with van der Waals surface area (Å²) >= 11 is 17.9. The van der Waals surface area contributed by atoms with Crippen LogP contribution in [0.4, 0.5) is 0 Å².